The molecule has 0 radical (unpaired) electrons. The zero-order chi connectivity index (χ0) is 13.3. The monoisotopic (exact) mass is 296 g/mol. The van der Waals surface area contributed by atoms with Crippen LogP contribution in [0, 0.1) is 0 Å². The molecule has 18 heavy (non-hydrogen) atoms. The van der Waals surface area contributed by atoms with Gasteiger partial charge in [-0.25, -0.2) is 0 Å². The van der Waals surface area contributed by atoms with Crippen molar-refractivity contribution in [1.29, 1.82) is 0 Å². The number of ether oxygens (including phenoxy) is 1. The van der Waals surface area contributed by atoms with Gasteiger partial charge in [0.25, 0.3) is 5.22 Å². The summed E-state index contributed by atoms with van der Waals surface area (Å²) in [7, 11) is 0. The van der Waals surface area contributed by atoms with E-state index in [0.717, 1.165) is 12.1 Å². The molecule has 0 fully saturated rings. The molecule has 2 aromatic rings. The molecule has 0 aliphatic heterocycles. The summed E-state index contributed by atoms with van der Waals surface area (Å²) in [5.74, 6) is -0.370. The van der Waals surface area contributed by atoms with E-state index in [4.69, 9.17) is 16.0 Å². The van der Waals surface area contributed by atoms with Crippen LogP contribution in [0.25, 0.3) is 11.5 Å². The van der Waals surface area contributed by atoms with Crippen LogP contribution < -0.4 is 4.74 Å². The molecule has 0 aliphatic rings. The van der Waals surface area contributed by atoms with E-state index in [2.05, 4.69) is 27.6 Å². The van der Waals surface area contributed by atoms with Gasteiger partial charge in [-0.1, -0.05) is 24.2 Å². The fourth-order valence-electron chi connectivity index (χ4n) is 1.19. The number of alkyl halides is 3. The summed E-state index contributed by atoms with van der Waals surface area (Å²) in [5.41, 5.74) is 0.291. The van der Waals surface area contributed by atoms with E-state index in [1.165, 1.54) is 6.07 Å². The lowest BCUT2D eigenvalue weighted by atomic mass is 10.2. The Hall–Kier alpha value is -1.41. The maximum Gasteiger partial charge on any atom is 0.573 e. The van der Waals surface area contributed by atoms with Gasteiger partial charge in [0.2, 0.25) is 5.89 Å². The number of rotatable bonds is 2. The fourth-order valence-corrected chi connectivity index (χ4v) is 1.57. The van der Waals surface area contributed by atoms with Gasteiger partial charge in [0.15, 0.2) is 0 Å². The maximum absolute atomic E-state index is 12.0. The van der Waals surface area contributed by atoms with Crippen molar-refractivity contribution in [2.45, 2.75) is 11.6 Å². The van der Waals surface area contributed by atoms with Gasteiger partial charge < -0.3 is 9.15 Å². The number of thiol groups is 1. The van der Waals surface area contributed by atoms with Crippen LogP contribution in [-0.2, 0) is 0 Å². The molecule has 0 atom stereocenters. The van der Waals surface area contributed by atoms with Crippen molar-refractivity contribution in [3.63, 3.8) is 0 Å². The molecular weight excluding hydrogens is 293 g/mol. The fraction of sp³-hybridized carbons (Fsp3) is 0.111. The van der Waals surface area contributed by atoms with Gasteiger partial charge in [0.05, 0.1) is 10.6 Å². The zero-order valence-electron chi connectivity index (χ0n) is 8.40. The average molecular weight is 297 g/mol. The number of hydrogen-bond donors (Lipinski definition) is 1. The second-order valence-electron chi connectivity index (χ2n) is 3.08. The molecule has 9 heteroatoms. The molecule has 96 valence electrons. The summed E-state index contributed by atoms with van der Waals surface area (Å²) in [6.07, 6.45) is -4.77. The lowest BCUT2D eigenvalue weighted by Gasteiger charge is -2.09. The summed E-state index contributed by atoms with van der Waals surface area (Å²) in [5, 5.41) is 7.12. The number of benzene rings is 1. The Morgan fingerprint density at radius 2 is 2.00 bits per heavy atom. The highest BCUT2D eigenvalue weighted by Gasteiger charge is 2.31. The minimum absolute atomic E-state index is 0.00580. The molecule has 1 aromatic heterocycles. The van der Waals surface area contributed by atoms with Crippen LogP contribution in [-0.4, -0.2) is 16.6 Å². The first-order chi connectivity index (χ1) is 8.35. The van der Waals surface area contributed by atoms with E-state index in [-0.39, 0.29) is 16.1 Å². The predicted octanol–water partition coefficient (Wildman–Crippen LogP) is 3.58. The predicted molar refractivity (Wildman–Crippen MR) is 58.7 cm³/mol. The van der Waals surface area contributed by atoms with Gasteiger partial charge in [-0.2, -0.15) is 0 Å². The van der Waals surface area contributed by atoms with E-state index < -0.39 is 12.1 Å². The smallest absolute Gasteiger partial charge is 0.411 e. The molecule has 0 bridgehead atoms. The van der Waals surface area contributed by atoms with Gasteiger partial charge in [0, 0.05) is 0 Å². The second-order valence-corrected chi connectivity index (χ2v) is 3.87. The third kappa shape index (κ3) is 3.08. The normalized spacial score (nSPS) is 11.6. The van der Waals surface area contributed by atoms with E-state index >= 15 is 0 Å². The molecule has 2 rings (SSSR count). The van der Waals surface area contributed by atoms with Crippen molar-refractivity contribution in [3.8, 4) is 17.2 Å². The van der Waals surface area contributed by atoms with Gasteiger partial charge in [-0.3, -0.25) is 0 Å². The molecule has 1 aromatic carbocycles. The lowest BCUT2D eigenvalue weighted by Crippen LogP contribution is -2.17. The minimum atomic E-state index is -4.77. The molecule has 1 heterocycles. The Morgan fingerprint density at radius 3 is 2.50 bits per heavy atom. The zero-order valence-corrected chi connectivity index (χ0v) is 10.1. The summed E-state index contributed by atoms with van der Waals surface area (Å²) < 4.78 is 44.6. The van der Waals surface area contributed by atoms with Crippen LogP contribution in [0.1, 0.15) is 0 Å². The molecule has 0 saturated carbocycles. The second kappa shape index (κ2) is 4.69. The maximum atomic E-state index is 12.0. The Labute approximate surface area is 109 Å². The number of hydrogen-bond acceptors (Lipinski definition) is 5. The SMILES string of the molecule is FC(F)(F)Oc1ccc(-c2nnc(S)o2)c(Cl)c1. The Morgan fingerprint density at radius 1 is 1.28 bits per heavy atom. The van der Waals surface area contributed by atoms with E-state index in [1.54, 1.807) is 0 Å². The molecule has 0 saturated heterocycles. The first kappa shape index (κ1) is 13.0. The van der Waals surface area contributed by atoms with Crippen molar-refractivity contribution in [2.75, 3.05) is 0 Å². The third-order valence-electron chi connectivity index (χ3n) is 1.82. The quantitative estimate of drug-likeness (QED) is 0.861. The molecule has 0 aliphatic carbocycles. The van der Waals surface area contributed by atoms with Crippen LogP contribution in [0.5, 0.6) is 5.75 Å². The topological polar surface area (TPSA) is 48.2 Å². The first-order valence-corrected chi connectivity index (χ1v) is 5.26. The lowest BCUT2D eigenvalue weighted by molar-refractivity contribution is -0.274. The molecule has 0 N–H and O–H groups in total. The molecule has 4 nitrogen and oxygen atoms in total. The van der Waals surface area contributed by atoms with Crippen molar-refractivity contribution >= 4 is 24.2 Å². The average Bonchev–Trinajstić information content (AvgIpc) is 2.62. The van der Waals surface area contributed by atoms with Gasteiger partial charge in [-0.15, -0.1) is 23.4 Å². The van der Waals surface area contributed by atoms with Crippen LogP contribution in [0.3, 0.4) is 0 Å². The molecule has 0 amide bonds. The highest BCUT2D eigenvalue weighted by molar-refractivity contribution is 7.80. The van der Waals surface area contributed by atoms with Crippen LogP contribution in [0.2, 0.25) is 5.02 Å². The van der Waals surface area contributed by atoms with Crippen LogP contribution in [0.15, 0.2) is 27.8 Å². The van der Waals surface area contributed by atoms with Crippen molar-refractivity contribution in [1.82, 2.24) is 10.2 Å². The molecular formula is C9H4ClF3N2O2S. The summed E-state index contributed by atoms with van der Waals surface area (Å²) in [6, 6.07) is 3.38. The van der Waals surface area contributed by atoms with E-state index in [0.29, 0.717) is 5.56 Å². The standard InChI is InChI=1S/C9H4ClF3N2O2S/c10-6-3-4(17-9(11,12)13)1-2-5(6)7-14-15-8(18)16-7/h1-3H,(H,15,18). The minimum Gasteiger partial charge on any atom is -0.411 e. The highest BCUT2D eigenvalue weighted by Crippen LogP contribution is 2.32. The Balaban J connectivity index is 2.31. The van der Waals surface area contributed by atoms with Gasteiger partial charge in [0.1, 0.15) is 5.75 Å². The van der Waals surface area contributed by atoms with Crippen LogP contribution >= 0.6 is 24.2 Å². The van der Waals surface area contributed by atoms with Gasteiger partial charge in [-0.05, 0) is 18.2 Å². The number of halogens is 4. The third-order valence-corrected chi connectivity index (χ3v) is 2.31. The number of nitrogens with zero attached hydrogens (tertiary/aromatic N) is 2. The van der Waals surface area contributed by atoms with Gasteiger partial charge >= 0.3 is 6.36 Å². The van der Waals surface area contributed by atoms with E-state index in [9.17, 15) is 13.2 Å². The van der Waals surface area contributed by atoms with Crippen LogP contribution in [0.4, 0.5) is 13.2 Å². The summed E-state index contributed by atoms with van der Waals surface area (Å²) >= 11 is 9.61. The summed E-state index contributed by atoms with van der Waals surface area (Å²) in [6.45, 7) is 0. The first-order valence-electron chi connectivity index (χ1n) is 4.43. The summed E-state index contributed by atoms with van der Waals surface area (Å²) in [4.78, 5) is 0. The Bertz CT molecular complexity index is 573. The van der Waals surface area contributed by atoms with Crippen molar-refractivity contribution < 1.29 is 22.3 Å². The highest BCUT2D eigenvalue weighted by atomic mass is 35.5. The molecule has 0 unspecified atom stereocenters. The van der Waals surface area contributed by atoms with E-state index in [1.807, 2.05) is 0 Å². The largest absolute Gasteiger partial charge is 0.573 e. The van der Waals surface area contributed by atoms with Crippen molar-refractivity contribution in [3.05, 3.63) is 23.2 Å². The number of aromatic nitrogens is 2. The van der Waals surface area contributed by atoms with Crippen molar-refractivity contribution in [2.24, 2.45) is 0 Å². The molecule has 0 spiro atoms. The Kier molecular flexibility index (Phi) is 3.40.